The van der Waals surface area contributed by atoms with Crippen molar-refractivity contribution in [2.45, 2.75) is 51.1 Å². The van der Waals surface area contributed by atoms with Gasteiger partial charge in [0.1, 0.15) is 4.90 Å². The third-order valence-corrected chi connectivity index (χ3v) is 3.93. The Hall–Kier alpha value is -1.41. The van der Waals surface area contributed by atoms with Gasteiger partial charge in [0, 0.05) is 31.2 Å². The standard InChI is InChI=1S/C12H22N4O3S/c1-9(2)15-12(17)5-6-14-20(18,19)11-7-13-16(8-11)10(3)4/h7-10,14H,5-6H2,1-4H3,(H,15,17). The number of nitrogens with one attached hydrogen (secondary N) is 2. The molecule has 0 bridgehead atoms. The number of hydrogen-bond donors (Lipinski definition) is 2. The van der Waals surface area contributed by atoms with Crippen LogP contribution in [0.15, 0.2) is 17.3 Å². The van der Waals surface area contributed by atoms with Crippen LogP contribution in [0.4, 0.5) is 0 Å². The molecule has 0 aromatic carbocycles. The quantitative estimate of drug-likeness (QED) is 0.773. The van der Waals surface area contributed by atoms with Gasteiger partial charge in [-0.15, -0.1) is 0 Å². The maximum Gasteiger partial charge on any atom is 0.243 e. The van der Waals surface area contributed by atoms with Gasteiger partial charge in [-0.05, 0) is 27.7 Å². The first-order valence-electron chi connectivity index (χ1n) is 6.55. The molecule has 0 atom stereocenters. The van der Waals surface area contributed by atoms with E-state index in [1.807, 2.05) is 27.7 Å². The van der Waals surface area contributed by atoms with Crippen molar-refractivity contribution in [3.63, 3.8) is 0 Å². The maximum absolute atomic E-state index is 12.0. The number of aromatic nitrogens is 2. The Balaban J connectivity index is 2.55. The van der Waals surface area contributed by atoms with Crippen LogP contribution in [0.25, 0.3) is 0 Å². The molecule has 0 radical (unpaired) electrons. The maximum atomic E-state index is 12.0. The van der Waals surface area contributed by atoms with E-state index in [0.717, 1.165) is 0 Å². The summed E-state index contributed by atoms with van der Waals surface area (Å²) < 4.78 is 27.9. The summed E-state index contributed by atoms with van der Waals surface area (Å²) in [5.41, 5.74) is 0. The van der Waals surface area contributed by atoms with E-state index < -0.39 is 10.0 Å². The zero-order valence-electron chi connectivity index (χ0n) is 12.3. The summed E-state index contributed by atoms with van der Waals surface area (Å²) in [6.07, 6.45) is 2.88. The van der Waals surface area contributed by atoms with Crippen LogP contribution in [0.1, 0.15) is 40.2 Å². The van der Waals surface area contributed by atoms with Crippen molar-refractivity contribution in [2.24, 2.45) is 0 Å². The number of sulfonamides is 1. The normalized spacial score (nSPS) is 12.1. The molecule has 0 saturated carbocycles. The third-order valence-electron chi connectivity index (χ3n) is 2.51. The highest BCUT2D eigenvalue weighted by molar-refractivity contribution is 7.89. The molecule has 1 rings (SSSR count). The molecule has 0 aliphatic carbocycles. The Labute approximate surface area is 119 Å². The Bertz CT molecular complexity index is 549. The first-order valence-corrected chi connectivity index (χ1v) is 8.04. The van der Waals surface area contributed by atoms with Crippen LogP contribution in [0.2, 0.25) is 0 Å². The van der Waals surface area contributed by atoms with Gasteiger partial charge in [-0.25, -0.2) is 13.1 Å². The fourth-order valence-electron chi connectivity index (χ4n) is 1.52. The lowest BCUT2D eigenvalue weighted by atomic mass is 10.3. The first kappa shape index (κ1) is 16.6. The minimum Gasteiger partial charge on any atom is -0.354 e. The molecular formula is C12H22N4O3S. The highest BCUT2D eigenvalue weighted by atomic mass is 32.2. The van der Waals surface area contributed by atoms with Crippen LogP contribution in [-0.2, 0) is 14.8 Å². The summed E-state index contributed by atoms with van der Waals surface area (Å²) in [7, 11) is -3.61. The van der Waals surface area contributed by atoms with Crippen LogP contribution >= 0.6 is 0 Å². The van der Waals surface area contributed by atoms with Gasteiger partial charge in [0.25, 0.3) is 0 Å². The second kappa shape index (κ2) is 6.85. The molecule has 1 aromatic heterocycles. The zero-order chi connectivity index (χ0) is 15.3. The van der Waals surface area contributed by atoms with Gasteiger partial charge in [-0.2, -0.15) is 5.10 Å². The van der Waals surface area contributed by atoms with E-state index in [2.05, 4.69) is 15.1 Å². The molecule has 0 aliphatic rings. The van der Waals surface area contributed by atoms with E-state index in [1.165, 1.54) is 12.4 Å². The summed E-state index contributed by atoms with van der Waals surface area (Å²) in [5, 5.41) is 6.68. The molecular weight excluding hydrogens is 280 g/mol. The summed E-state index contributed by atoms with van der Waals surface area (Å²) >= 11 is 0. The Morgan fingerprint density at radius 3 is 2.50 bits per heavy atom. The van der Waals surface area contributed by atoms with Crippen LogP contribution < -0.4 is 10.0 Å². The predicted molar refractivity (Wildman–Crippen MR) is 75.7 cm³/mol. The van der Waals surface area contributed by atoms with Crippen molar-refractivity contribution in [3.8, 4) is 0 Å². The van der Waals surface area contributed by atoms with Crippen molar-refractivity contribution in [1.82, 2.24) is 19.8 Å². The van der Waals surface area contributed by atoms with E-state index in [9.17, 15) is 13.2 Å². The number of amides is 1. The van der Waals surface area contributed by atoms with E-state index in [1.54, 1.807) is 4.68 Å². The number of rotatable bonds is 7. The molecule has 0 unspecified atom stereocenters. The second-order valence-corrected chi connectivity index (χ2v) is 6.89. The predicted octanol–water partition coefficient (Wildman–Crippen LogP) is 0.657. The van der Waals surface area contributed by atoms with Crippen molar-refractivity contribution < 1.29 is 13.2 Å². The topological polar surface area (TPSA) is 93.1 Å². The van der Waals surface area contributed by atoms with Gasteiger partial charge in [0.05, 0.1) is 6.20 Å². The number of nitrogens with zero attached hydrogens (tertiary/aromatic N) is 2. The molecule has 2 N–H and O–H groups in total. The van der Waals surface area contributed by atoms with Crippen molar-refractivity contribution in [1.29, 1.82) is 0 Å². The van der Waals surface area contributed by atoms with Gasteiger partial charge >= 0.3 is 0 Å². The van der Waals surface area contributed by atoms with Gasteiger partial charge < -0.3 is 5.32 Å². The molecule has 1 heterocycles. The van der Waals surface area contributed by atoms with Gasteiger partial charge in [-0.3, -0.25) is 9.48 Å². The lowest BCUT2D eigenvalue weighted by molar-refractivity contribution is -0.121. The number of carbonyl (C=O) groups is 1. The van der Waals surface area contributed by atoms with Crippen LogP contribution in [0.5, 0.6) is 0 Å². The highest BCUT2D eigenvalue weighted by Gasteiger charge is 2.17. The molecule has 1 aromatic rings. The van der Waals surface area contributed by atoms with Gasteiger partial charge in [0.2, 0.25) is 15.9 Å². The van der Waals surface area contributed by atoms with Crippen molar-refractivity contribution in [2.75, 3.05) is 6.54 Å². The minimum absolute atomic E-state index is 0.0448. The minimum atomic E-state index is -3.61. The van der Waals surface area contributed by atoms with Gasteiger partial charge in [0.15, 0.2) is 0 Å². The smallest absolute Gasteiger partial charge is 0.243 e. The van der Waals surface area contributed by atoms with E-state index >= 15 is 0 Å². The van der Waals surface area contributed by atoms with E-state index in [4.69, 9.17) is 0 Å². The first-order chi connectivity index (χ1) is 9.22. The number of hydrogen-bond acceptors (Lipinski definition) is 4. The zero-order valence-corrected chi connectivity index (χ0v) is 13.1. The lowest BCUT2D eigenvalue weighted by Crippen LogP contribution is -2.34. The highest BCUT2D eigenvalue weighted by Crippen LogP contribution is 2.10. The lowest BCUT2D eigenvalue weighted by Gasteiger charge is -2.08. The van der Waals surface area contributed by atoms with Crippen LogP contribution in [0.3, 0.4) is 0 Å². The molecule has 0 aliphatic heterocycles. The van der Waals surface area contributed by atoms with Gasteiger partial charge in [-0.1, -0.05) is 0 Å². The van der Waals surface area contributed by atoms with Crippen LogP contribution in [0, 0.1) is 0 Å². The summed E-state index contributed by atoms with van der Waals surface area (Å²) in [4.78, 5) is 11.5. The molecule has 0 saturated heterocycles. The number of carbonyl (C=O) groups excluding carboxylic acids is 1. The second-order valence-electron chi connectivity index (χ2n) is 5.12. The molecule has 8 heteroatoms. The SMILES string of the molecule is CC(C)NC(=O)CCNS(=O)(=O)c1cnn(C(C)C)c1. The largest absolute Gasteiger partial charge is 0.354 e. The average Bonchev–Trinajstić information content (AvgIpc) is 2.77. The Kier molecular flexibility index (Phi) is 5.70. The van der Waals surface area contributed by atoms with Crippen molar-refractivity contribution in [3.05, 3.63) is 12.4 Å². The molecule has 1 amide bonds. The average molecular weight is 302 g/mol. The van der Waals surface area contributed by atoms with E-state index in [-0.39, 0.29) is 35.9 Å². The van der Waals surface area contributed by atoms with Crippen molar-refractivity contribution >= 4 is 15.9 Å². The molecule has 0 spiro atoms. The molecule has 7 nitrogen and oxygen atoms in total. The Morgan fingerprint density at radius 2 is 2.00 bits per heavy atom. The van der Waals surface area contributed by atoms with E-state index in [0.29, 0.717) is 0 Å². The van der Waals surface area contributed by atoms with Crippen LogP contribution in [-0.4, -0.2) is 36.7 Å². The fraction of sp³-hybridized carbons (Fsp3) is 0.667. The molecule has 114 valence electrons. The summed E-state index contributed by atoms with van der Waals surface area (Å²) in [6, 6.07) is 0.138. The monoisotopic (exact) mass is 302 g/mol. The third kappa shape index (κ3) is 4.93. The molecule has 20 heavy (non-hydrogen) atoms. The Morgan fingerprint density at radius 1 is 1.35 bits per heavy atom. The summed E-state index contributed by atoms with van der Waals surface area (Å²) in [6.45, 7) is 7.58. The summed E-state index contributed by atoms with van der Waals surface area (Å²) in [5.74, 6) is -0.180. The molecule has 0 fully saturated rings. The fourth-order valence-corrected chi connectivity index (χ4v) is 2.49.